The zero-order valence-electron chi connectivity index (χ0n) is 10.9. The number of aliphatic hydroxyl groups is 1. The predicted molar refractivity (Wildman–Crippen MR) is 69.4 cm³/mol. The highest BCUT2D eigenvalue weighted by molar-refractivity contribution is 5.25. The molecule has 1 atom stereocenters. The second-order valence-electron chi connectivity index (χ2n) is 5.38. The first kappa shape index (κ1) is 13.2. The van der Waals surface area contributed by atoms with Crippen molar-refractivity contribution < 1.29 is 5.11 Å². The molecule has 0 fully saturated rings. The van der Waals surface area contributed by atoms with E-state index in [-0.39, 0.29) is 6.61 Å². The van der Waals surface area contributed by atoms with Crippen LogP contribution in [-0.4, -0.2) is 5.11 Å². The zero-order valence-corrected chi connectivity index (χ0v) is 10.9. The predicted octanol–water partition coefficient (Wildman–Crippen LogP) is 3.96. The first-order valence-electron chi connectivity index (χ1n) is 6.24. The van der Waals surface area contributed by atoms with E-state index in [1.54, 1.807) is 0 Å². The van der Waals surface area contributed by atoms with Crippen LogP contribution >= 0.6 is 0 Å². The lowest BCUT2D eigenvalue weighted by Crippen LogP contribution is -2.09. The summed E-state index contributed by atoms with van der Waals surface area (Å²) in [6.07, 6.45) is 1.23. The normalized spacial score (nSPS) is 13.4. The van der Waals surface area contributed by atoms with Gasteiger partial charge in [-0.05, 0) is 35.3 Å². The second kappa shape index (κ2) is 6.05. The minimum absolute atomic E-state index is 0.136. The van der Waals surface area contributed by atoms with E-state index in [9.17, 15) is 0 Å². The van der Waals surface area contributed by atoms with E-state index >= 15 is 0 Å². The lowest BCUT2D eigenvalue weighted by molar-refractivity contribution is 0.281. The first-order valence-corrected chi connectivity index (χ1v) is 6.24. The van der Waals surface area contributed by atoms with Gasteiger partial charge in [-0.25, -0.2) is 0 Å². The van der Waals surface area contributed by atoms with Gasteiger partial charge in [-0.15, -0.1) is 0 Å². The third kappa shape index (κ3) is 3.64. The summed E-state index contributed by atoms with van der Waals surface area (Å²) < 4.78 is 0. The van der Waals surface area contributed by atoms with Crippen LogP contribution in [0.5, 0.6) is 0 Å². The third-order valence-electron chi connectivity index (χ3n) is 3.12. The SMILES string of the molecule is CC(C)CC(c1ccc(CO)cc1)C(C)C. The van der Waals surface area contributed by atoms with Crippen molar-refractivity contribution in [2.45, 2.75) is 46.6 Å². The fourth-order valence-electron chi connectivity index (χ4n) is 2.17. The van der Waals surface area contributed by atoms with E-state index < -0.39 is 0 Å². The molecule has 1 aromatic carbocycles. The average Bonchev–Trinajstić information content (AvgIpc) is 2.25. The standard InChI is InChI=1S/C15H24O/c1-11(2)9-15(12(3)4)14-7-5-13(10-16)6-8-14/h5-8,11-12,15-16H,9-10H2,1-4H3. The van der Waals surface area contributed by atoms with E-state index in [1.807, 2.05) is 12.1 Å². The lowest BCUT2D eigenvalue weighted by atomic mass is 9.82. The monoisotopic (exact) mass is 220 g/mol. The fraction of sp³-hybridized carbons (Fsp3) is 0.600. The Morgan fingerprint density at radius 2 is 1.56 bits per heavy atom. The fourth-order valence-corrected chi connectivity index (χ4v) is 2.17. The average molecular weight is 220 g/mol. The smallest absolute Gasteiger partial charge is 0.0681 e. The molecule has 0 heterocycles. The zero-order chi connectivity index (χ0) is 12.1. The van der Waals surface area contributed by atoms with Gasteiger partial charge in [0.1, 0.15) is 0 Å². The highest BCUT2D eigenvalue weighted by Gasteiger charge is 2.16. The van der Waals surface area contributed by atoms with Gasteiger partial charge in [0, 0.05) is 0 Å². The van der Waals surface area contributed by atoms with Crippen molar-refractivity contribution >= 4 is 0 Å². The Kier molecular flexibility index (Phi) is 5.01. The van der Waals surface area contributed by atoms with Crippen molar-refractivity contribution in [3.05, 3.63) is 35.4 Å². The van der Waals surface area contributed by atoms with Crippen molar-refractivity contribution in [2.75, 3.05) is 0 Å². The van der Waals surface area contributed by atoms with E-state index in [0.717, 1.165) is 11.5 Å². The van der Waals surface area contributed by atoms with Gasteiger partial charge in [0.05, 0.1) is 6.61 Å². The molecule has 0 aliphatic carbocycles. The molecule has 1 rings (SSSR count). The summed E-state index contributed by atoms with van der Waals surface area (Å²) in [5.41, 5.74) is 2.40. The van der Waals surface area contributed by atoms with Gasteiger partial charge in [0.25, 0.3) is 0 Å². The number of benzene rings is 1. The van der Waals surface area contributed by atoms with Gasteiger partial charge in [-0.1, -0.05) is 52.0 Å². The summed E-state index contributed by atoms with van der Waals surface area (Å²) in [5, 5.41) is 9.02. The van der Waals surface area contributed by atoms with Crippen LogP contribution in [0.15, 0.2) is 24.3 Å². The maximum Gasteiger partial charge on any atom is 0.0681 e. The Morgan fingerprint density at radius 3 is 1.94 bits per heavy atom. The molecule has 1 heteroatoms. The first-order chi connectivity index (χ1) is 7.54. The molecule has 0 aliphatic rings. The summed E-state index contributed by atoms with van der Waals surface area (Å²) in [4.78, 5) is 0. The lowest BCUT2D eigenvalue weighted by Gasteiger charge is -2.23. The van der Waals surface area contributed by atoms with Gasteiger partial charge < -0.3 is 5.11 Å². The van der Waals surface area contributed by atoms with E-state index in [0.29, 0.717) is 11.8 Å². The molecule has 1 N–H and O–H groups in total. The van der Waals surface area contributed by atoms with Gasteiger partial charge >= 0.3 is 0 Å². The van der Waals surface area contributed by atoms with E-state index in [1.165, 1.54) is 12.0 Å². The minimum atomic E-state index is 0.136. The molecule has 0 saturated carbocycles. The maximum atomic E-state index is 9.02. The molecule has 16 heavy (non-hydrogen) atoms. The minimum Gasteiger partial charge on any atom is -0.392 e. The molecule has 0 aromatic heterocycles. The molecule has 0 bridgehead atoms. The largest absolute Gasteiger partial charge is 0.392 e. The summed E-state index contributed by atoms with van der Waals surface area (Å²) in [6.45, 7) is 9.26. The summed E-state index contributed by atoms with van der Waals surface area (Å²) in [5.74, 6) is 2.03. The van der Waals surface area contributed by atoms with Crippen molar-refractivity contribution in [1.29, 1.82) is 0 Å². The number of hydrogen-bond donors (Lipinski definition) is 1. The molecular weight excluding hydrogens is 196 g/mol. The van der Waals surface area contributed by atoms with Crippen LogP contribution in [0.4, 0.5) is 0 Å². The van der Waals surface area contributed by atoms with Gasteiger partial charge in [-0.3, -0.25) is 0 Å². The van der Waals surface area contributed by atoms with Gasteiger partial charge in [0.15, 0.2) is 0 Å². The van der Waals surface area contributed by atoms with Crippen molar-refractivity contribution in [1.82, 2.24) is 0 Å². The quantitative estimate of drug-likeness (QED) is 0.796. The summed E-state index contributed by atoms with van der Waals surface area (Å²) in [6, 6.07) is 8.40. The van der Waals surface area contributed by atoms with Crippen molar-refractivity contribution in [2.24, 2.45) is 11.8 Å². The molecule has 0 aliphatic heterocycles. The molecular formula is C15H24O. The Morgan fingerprint density at radius 1 is 1.00 bits per heavy atom. The summed E-state index contributed by atoms with van der Waals surface area (Å²) in [7, 11) is 0. The molecule has 0 radical (unpaired) electrons. The third-order valence-corrected chi connectivity index (χ3v) is 3.12. The van der Waals surface area contributed by atoms with Crippen LogP contribution < -0.4 is 0 Å². The maximum absolute atomic E-state index is 9.02. The van der Waals surface area contributed by atoms with Crippen LogP contribution in [0.3, 0.4) is 0 Å². The molecule has 90 valence electrons. The highest BCUT2D eigenvalue weighted by atomic mass is 16.3. The molecule has 0 saturated heterocycles. The Hall–Kier alpha value is -0.820. The van der Waals surface area contributed by atoms with Gasteiger partial charge in [-0.2, -0.15) is 0 Å². The van der Waals surface area contributed by atoms with E-state index in [4.69, 9.17) is 5.11 Å². The summed E-state index contributed by atoms with van der Waals surface area (Å²) >= 11 is 0. The van der Waals surface area contributed by atoms with Crippen molar-refractivity contribution in [3.8, 4) is 0 Å². The van der Waals surface area contributed by atoms with Gasteiger partial charge in [0.2, 0.25) is 0 Å². The Bertz CT molecular complexity index is 298. The van der Waals surface area contributed by atoms with Crippen LogP contribution in [0.25, 0.3) is 0 Å². The van der Waals surface area contributed by atoms with Crippen molar-refractivity contribution in [3.63, 3.8) is 0 Å². The van der Waals surface area contributed by atoms with Crippen LogP contribution in [0.2, 0.25) is 0 Å². The number of aliphatic hydroxyl groups excluding tert-OH is 1. The molecule has 1 unspecified atom stereocenters. The number of rotatable bonds is 5. The molecule has 0 spiro atoms. The molecule has 0 amide bonds. The molecule has 1 nitrogen and oxygen atoms in total. The second-order valence-corrected chi connectivity index (χ2v) is 5.38. The molecule has 1 aromatic rings. The van der Waals surface area contributed by atoms with Crippen LogP contribution in [0.1, 0.15) is 51.2 Å². The van der Waals surface area contributed by atoms with Crippen LogP contribution in [-0.2, 0) is 6.61 Å². The Balaban J connectivity index is 2.84. The van der Waals surface area contributed by atoms with E-state index in [2.05, 4.69) is 39.8 Å². The number of hydrogen-bond acceptors (Lipinski definition) is 1. The topological polar surface area (TPSA) is 20.2 Å². The van der Waals surface area contributed by atoms with Crippen LogP contribution in [0, 0.1) is 11.8 Å². The Labute approximate surface area is 99.5 Å². The highest BCUT2D eigenvalue weighted by Crippen LogP contribution is 2.30.